The molecule has 8 heteroatoms. The zero-order valence-corrected chi connectivity index (χ0v) is 15.1. The molecular formula is C18H13FN4OS2. The zero-order chi connectivity index (χ0) is 17.7. The fourth-order valence-corrected chi connectivity index (χ4v) is 4.84. The van der Waals surface area contributed by atoms with Gasteiger partial charge in [-0.05, 0) is 24.3 Å². The number of thiazole rings is 2. The minimum atomic E-state index is -0.310. The number of hydrogen-bond acceptors (Lipinski definition) is 6. The molecule has 1 aliphatic rings. The topological polar surface area (TPSA) is 58.1 Å². The van der Waals surface area contributed by atoms with Crippen LogP contribution in [-0.2, 0) is 4.79 Å². The van der Waals surface area contributed by atoms with E-state index in [-0.39, 0.29) is 17.6 Å². The molecule has 4 aromatic rings. The molecular weight excluding hydrogens is 371 g/mol. The summed E-state index contributed by atoms with van der Waals surface area (Å²) in [5.41, 5.74) is 1.29. The summed E-state index contributed by atoms with van der Waals surface area (Å²) in [6.07, 6.45) is 0. The first-order valence-corrected chi connectivity index (χ1v) is 9.77. The highest BCUT2D eigenvalue weighted by Gasteiger charge is 2.35. The van der Waals surface area contributed by atoms with Gasteiger partial charge < -0.3 is 10.2 Å². The van der Waals surface area contributed by atoms with Crippen LogP contribution in [-0.4, -0.2) is 29.0 Å². The average Bonchev–Trinajstić information content (AvgIpc) is 3.17. The highest BCUT2D eigenvalue weighted by Crippen LogP contribution is 2.34. The number of rotatable bonds is 3. The minimum Gasteiger partial charge on any atom is -0.346 e. The predicted molar refractivity (Wildman–Crippen MR) is 104 cm³/mol. The summed E-state index contributed by atoms with van der Waals surface area (Å²) in [5.74, 6) is -0.456. The number of carbonyl (C=O) groups excluding carboxylic acids is 1. The van der Waals surface area contributed by atoms with E-state index in [1.165, 1.54) is 28.7 Å². The second-order valence-corrected chi connectivity index (χ2v) is 8.20. The van der Waals surface area contributed by atoms with Crippen LogP contribution in [0.3, 0.4) is 0 Å². The number of fused-ring (bicyclic) bond motifs is 2. The number of amides is 1. The molecule has 1 aliphatic heterocycles. The van der Waals surface area contributed by atoms with Gasteiger partial charge in [0.15, 0.2) is 10.3 Å². The van der Waals surface area contributed by atoms with Crippen LogP contribution in [0.1, 0.15) is 0 Å². The van der Waals surface area contributed by atoms with Gasteiger partial charge in [-0.1, -0.05) is 40.9 Å². The zero-order valence-electron chi connectivity index (χ0n) is 13.5. The molecule has 0 spiro atoms. The Morgan fingerprint density at radius 1 is 1.08 bits per heavy atom. The molecule has 130 valence electrons. The lowest BCUT2D eigenvalue weighted by molar-refractivity contribution is -0.120. The quantitative estimate of drug-likeness (QED) is 0.577. The molecule has 1 N–H and O–H groups in total. The van der Waals surface area contributed by atoms with Gasteiger partial charge in [0.25, 0.3) is 0 Å². The van der Waals surface area contributed by atoms with Crippen molar-refractivity contribution in [1.29, 1.82) is 0 Å². The number of hydrogen-bond donors (Lipinski definition) is 1. The average molecular weight is 384 g/mol. The Labute approximate surface area is 156 Å². The molecule has 1 fully saturated rings. The van der Waals surface area contributed by atoms with Crippen molar-refractivity contribution in [3.63, 3.8) is 0 Å². The molecule has 0 bridgehead atoms. The van der Waals surface area contributed by atoms with Crippen molar-refractivity contribution in [2.75, 3.05) is 23.3 Å². The number of nitrogens with one attached hydrogen (secondary N) is 1. The van der Waals surface area contributed by atoms with Gasteiger partial charge in [-0.3, -0.25) is 4.79 Å². The number of aromatic nitrogens is 2. The number of benzene rings is 2. The molecule has 0 atom stereocenters. The van der Waals surface area contributed by atoms with Gasteiger partial charge in [0.2, 0.25) is 5.91 Å². The second-order valence-electron chi connectivity index (χ2n) is 6.16. The maximum Gasteiger partial charge on any atom is 0.232 e. The number of carbonyl (C=O) groups is 1. The fraction of sp³-hybridized carbons (Fsp3) is 0.167. The first-order chi connectivity index (χ1) is 12.7. The Kier molecular flexibility index (Phi) is 3.61. The van der Waals surface area contributed by atoms with Crippen LogP contribution in [0.2, 0.25) is 0 Å². The highest BCUT2D eigenvalue weighted by atomic mass is 32.1. The first kappa shape index (κ1) is 15.7. The van der Waals surface area contributed by atoms with E-state index in [1.807, 2.05) is 35.2 Å². The van der Waals surface area contributed by atoms with E-state index in [2.05, 4.69) is 15.3 Å². The number of anilines is 2. The predicted octanol–water partition coefficient (Wildman–Crippen LogP) is 4.12. The summed E-state index contributed by atoms with van der Waals surface area (Å²) in [4.78, 5) is 23.2. The summed E-state index contributed by atoms with van der Waals surface area (Å²) < 4.78 is 15.6. The summed E-state index contributed by atoms with van der Waals surface area (Å²) in [7, 11) is 0. The van der Waals surface area contributed by atoms with Crippen LogP contribution in [0.4, 0.5) is 14.7 Å². The Balaban J connectivity index is 1.26. The van der Waals surface area contributed by atoms with Gasteiger partial charge in [0.05, 0.1) is 20.8 Å². The van der Waals surface area contributed by atoms with Gasteiger partial charge in [-0.25, -0.2) is 14.4 Å². The minimum absolute atomic E-state index is 0.0346. The second kappa shape index (κ2) is 6.00. The van der Waals surface area contributed by atoms with Crippen molar-refractivity contribution in [1.82, 2.24) is 9.97 Å². The molecule has 2 aromatic heterocycles. The van der Waals surface area contributed by atoms with Crippen LogP contribution < -0.4 is 10.2 Å². The monoisotopic (exact) mass is 384 g/mol. The van der Waals surface area contributed by atoms with Crippen molar-refractivity contribution in [2.45, 2.75) is 0 Å². The van der Waals surface area contributed by atoms with Crippen molar-refractivity contribution < 1.29 is 9.18 Å². The van der Waals surface area contributed by atoms with Gasteiger partial charge >= 0.3 is 0 Å². The maximum atomic E-state index is 13.8. The SMILES string of the molecule is O=C(Nc1nc2ccccc2s1)C1CN(c2nc3c(F)cccc3s2)C1. The lowest BCUT2D eigenvalue weighted by Gasteiger charge is -2.37. The van der Waals surface area contributed by atoms with E-state index >= 15 is 0 Å². The molecule has 0 radical (unpaired) electrons. The third-order valence-corrected chi connectivity index (χ3v) is 6.44. The Morgan fingerprint density at radius 3 is 2.69 bits per heavy atom. The fourth-order valence-electron chi connectivity index (χ4n) is 2.97. The van der Waals surface area contributed by atoms with Crippen molar-refractivity contribution in [2.24, 2.45) is 5.92 Å². The third-order valence-electron chi connectivity index (χ3n) is 4.41. The van der Waals surface area contributed by atoms with Crippen molar-refractivity contribution in [3.05, 3.63) is 48.3 Å². The molecule has 26 heavy (non-hydrogen) atoms. The normalized spacial score (nSPS) is 14.7. The Morgan fingerprint density at radius 2 is 1.88 bits per heavy atom. The van der Waals surface area contributed by atoms with Gasteiger partial charge in [0, 0.05) is 13.1 Å². The van der Waals surface area contributed by atoms with Crippen LogP contribution in [0, 0.1) is 11.7 Å². The molecule has 1 saturated heterocycles. The Hall–Kier alpha value is -2.58. The molecule has 1 amide bonds. The van der Waals surface area contributed by atoms with Crippen LogP contribution in [0.5, 0.6) is 0 Å². The molecule has 0 unspecified atom stereocenters. The van der Waals surface area contributed by atoms with E-state index in [0.29, 0.717) is 23.7 Å². The molecule has 5 rings (SSSR count). The summed E-state index contributed by atoms with van der Waals surface area (Å²) in [6, 6.07) is 12.8. The molecule has 2 aromatic carbocycles. The number of para-hydroxylation sites is 2. The van der Waals surface area contributed by atoms with E-state index in [9.17, 15) is 9.18 Å². The van der Waals surface area contributed by atoms with Crippen LogP contribution in [0.15, 0.2) is 42.5 Å². The molecule has 3 heterocycles. The lowest BCUT2D eigenvalue weighted by atomic mass is 10.0. The van der Waals surface area contributed by atoms with E-state index in [4.69, 9.17) is 0 Å². The molecule has 0 saturated carbocycles. The summed E-state index contributed by atoms with van der Waals surface area (Å²) >= 11 is 2.92. The highest BCUT2D eigenvalue weighted by molar-refractivity contribution is 7.22. The largest absolute Gasteiger partial charge is 0.346 e. The van der Waals surface area contributed by atoms with Gasteiger partial charge in [0.1, 0.15) is 11.3 Å². The van der Waals surface area contributed by atoms with Gasteiger partial charge in [-0.15, -0.1) is 0 Å². The van der Waals surface area contributed by atoms with Crippen molar-refractivity contribution >= 4 is 59.3 Å². The maximum absolute atomic E-state index is 13.8. The summed E-state index contributed by atoms with van der Waals surface area (Å²) in [6.45, 7) is 1.16. The van der Waals surface area contributed by atoms with E-state index < -0.39 is 0 Å². The first-order valence-electron chi connectivity index (χ1n) is 8.14. The smallest absolute Gasteiger partial charge is 0.232 e. The van der Waals surface area contributed by atoms with E-state index in [1.54, 1.807) is 6.07 Å². The summed E-state index contributed by atoms with van der Waals surface area (Å²) in [5, 5.41) is 4.29. The van der Waals surface area contributed by atoms with Crippen molar-refractivity contribution in [3.8, 4) is 0 Å². The molecule has 0 aliphatic carbocycles. The van der Waals surface area contributed by atoms with Gasteiger partial charge in [-0.2, -0.15) is 0 Å². The number of halogens is 1. The molecule has 5 nitrogen and oxygen atoms in total. The van der Waals surface area contributed by atoms with Crippen LogP contribution in [0.25, 0.3) is 20.4 Å². The van der Waals surface area contributed by atoms with Crippen LogP contribution >= 0.6 is 22.7 Å². The van der Waals surface area contributed by atoms with E-state index in [0.717, 1.165) is 20.0 Å². The number of nitrogens with zero attached hydrogens (tertiary/aromatic N) is 3. The Bertz CT molecular complexity index is 1100. The lowest BCUT2D eigenvalue weighted by Crippen LogP contribution is -2.52. The standard InChI is InChI=1S/C18H13FN4OS2/c19-11-4-3-7-14-15(11)21-18(26-14)23-8-10(9-23)16(24)22-17-20-12-5-1-2-6-13(12)25-17/h1-7,10H,8-9H2,(H,20,22,24). The third kappa shape index (κ3) is 2.62.